The van der Waals surface area contributed by atoms with Crippen molar-refractivity contribution in [3.05, 3.63) is 107 Å². The number of thiocarbonyl (C=S) groups is 2. The van der Waals surface area contributed by atoms with Gasteiger partial charge in [-0.3, -0.25) is 19.2 Å². The average molecular weight is 1150 g/mol. The van der Waals surface area contributed by atoms with Crippen molar-refractivity contribution in [2.24, 2.45) is 10.8 Å². The SMILES string of the molecule is CC(C(=S)N[C@H]1CCS[C@H]2CC(C)(C)[C@@H](C(=O)NC(COCc3ccc(COCC(NC(=O)[C@H]4N5C(=O)[C@@H](NC(=S)C(C)N(C)C(=O)O)CCS[C@H]5CC4(C)C)c4ccccc4)cc3)c3ccccc3)N2C1=O)N(C)C(=O)O. The Bertz CT molecular complexity index is 2470. The first-order valence-corrected chi connectivity index (χ1v) is 29.2. The Morgan fingerprint density at radius 2 is 0.974 bits per heavy atom. The van der Waals surface area contributed by atoms with E-state index in [0.717, 1.165) is 32.1 Å². The smallest absolute Gasteiger partial charge is 0.407 e. The second kappa shape index (κ2) is 26.2. The Hall–Kier alpha value is -5.52. The monoisotopic (exact) mass is 1150 g/mol. The molecule has 22 heteroatoms. The number of likely N-dealkylation sites (N-methyl/N-ethyl adjacent to an activating group) is 2. The summed E-state index contributed by atoms with van der Waals surface area (Å²) in [7, 11) is 2.86. The molecular formula is C56H74N8O10S4. The Balaban J connectivity index is 0.961. The second-order valence-corrected chi connectivity index (χ2v) is 25.4. The van der Waals surface area contributed by atoms with Crippen LogP contribution in [0.25, 0.3) is 0 Å². The van der Waals surface area contributed by atoms with Crippen molar-refractivity contribution >= 4 is 93.8 Å². The Morgan fingerprint density at radius 3 is 1.31 bits per heavy atom. The molecule has 4 aliphatic rings. The first kappa shape index (κ1) is 60.1. The van der Waals surface area contributed by atoms with E-state index in [1.54, 1.807) is 47.2 Å². The molecule has 0 aliphatic carbocycles. The van der Waals surface area contributed by atoms with E-state index in [4.69, 9.17) is 33.9 Å². The number of benzene rings is 3. The molecule has 6 amide bonds. The van der Waals surface area contributed by atoms with Crippen molar-refractivity contribution in [1.82, 2.24) is 40.9 Å². The molecule has 4 unspecified atom stereocenters. The predicted molar refractivity (Wildman–Crippen MR) is 310 cm³/mol. The zero-order chi connectivity index (χ0) is 56.6. The maximum Gasteiger partial charge on any atom is 0.407 e. The molecule has 0 aromatic heterocycles. The van der Waals surface area contributed by atoms with Crippen LogP contribution in [0.2, 0.25) is 0 Å². The van der Waals surface area contributed by atoms with Crippen LogP contribution in [0.1, 0.15) is 102 Å². The van der Waals surface area contributed by atoms with Crippen molar-refractivity contribution in [2.75, 3.05) is 38.8 Å². The number of carboxylic acid groups (broad SMARTS) is 2. The maximum atomic E-state index is 14.6. The molecule has 78 heavy (non-hydrogen) atoms. The van der Waals surface area contributed by atoms with Crippen LogP contribution < -0.4 is 21.3 Å². The number of rotatable bonds is 20. The molecule has 10 atom stereocenters. The van der Waals surface area contributed by atoms with Gasteiger partial charge < -0.3 is 60.6 Å². The molecule has 3 aromatic carbocycles. The number of nitrogens with zero attached hydrogens (tertiary/aromatic N) is 4. The van der Waals surface area contributed by atoms with Gasteiger partial charge in [0, 0.05) is 14.1 Å². The lowest BCUT2D eigenvalue weighted by Crippen LogP contribution is -2.58. The summed E-state index contributed by atoms with van der Waals surface area (Å²) in [5, 5.41) is 31.4. The molecule has 422 valence electrons. The van der Waals surface area contributed by atoms with Gasteiger partial charge in [0.05, 0.1) is 71.3 Å². The molecule has 4 fully saturated rings. The number of thioether (sulfide) groups is 2. The Morgan fingerprint density at radius 1 is 0.628 bits per heavy atom. The molecule has 3 aromatic rings. The fourth-order valence-electron chi connectivity index (χ4n) is 10.6. The molecule has 0 bridgehead atoms. The summed E-state index contributed by atoms with van der Waals surface area (Å²) in [5.41, 5.74) is 2.38. The number of ether oxygens (including phenoxy) is 2. The molecular weight excluding hydrogens is 1070 g/mol. The number of carbonyl (C=O) groups excluding carboxylic acids is 4. The van der Waals surface area contributed by atoms with E-state index in [1.165, 1.54) is 14.1 Å². The minimum atomic E-state index is -1.13. The van der Waals surface area contributed by atoms with E-state index < -0.39 is 71.4 Å². The summed E-state index contributed by atoms with van der Waals surface area (Å²) in [6.07, 6.45) is -0.0966. The summed E-state index contributed by atoms with van der Waals surface area (Å²) in [4.78, 5) is 87.3. The summed E-state index contributed by atoms with van der Waals surface area (Å²) in [5.74, 6) is 0.243. The number of hydrogen-bond donors (Lipinski definition) is 6. The van der Waals surface area contributed by atoms with E-state index >= 15 is 0 Å². The average Bonchev–Trinajstić information content (AvgIpc) is 3.89. The van der Waals surface area contributed by atoms with Crippen LogP contribution >= 0.6 is 48.0 Å². The van der Waals surface area contributed by atoms with Crippen LogP contribution in [-0.4, -0.2) is 161 Å². The largest absolute Gasteiger partial charge is 0.465 e. The third kappa shape index (κ3) is 14.3. The van der Waals surface area contributed by atoms with E-state index in [0.29, 0.717) is 37.2 Å². The fraction of sp³-hybridized carbons (Fsp3) is 0.536. The number of carbonyl (C=O) groups is 6. The minimum Gasteiger partial charge on any atom is -0.465 e. The highest BCUT2D eigenvalue weighted by Crippen LogP contribution is 2.48. The summed E-state index contributed by atoms with van der Waals surface area (Å²) >= 11 is 14.4. The van der Waals surface area contributed by atoms with Crippen molar-refractivity contribution in [3.63, 3.8) is 0 Å². The zero-order valence-corrected chi connectivity index (χ0v) is 48.8. The van der Waals surface area contributed by atoms with Crippen LogP contribution in [0.4, 0.5) is 9.59 Å². The van der Waals surface area contributed by atoms with Gasteiger partial charge in [-0.1, -0.05) is 137 Å². The molecule has 0 radical (unpaired) electrons. The van der Waals surface area contributed by atoms with Crippen LogP contribution in [0, 0.1) is 10.8 Å². The van der Waals surface area contributed by atoms with Crippen molar-refractivity contribution in [2.45, 2.75) is 140 Å². The lowest BCUT2D eigenvalue weighted by molar-refractivity contribution is -0.142. The second-order valence-electron chi connectivity index (χ2n) is 22.0. The first-order valence-electron chi connectivity index (χ1n) is 26.3. The van der Waals surface area contributed by atoms with Gasteiger partial charge in [0.1, 0.15) is 24.2 Å². The highest BCUT2D eigenvalue weighted by molar-refractivity contribution is 8.00. The van der Waals surface area contributed by atoms with Crippen LogP contribution in [0.5, 0.6) is 0 Å². The Kier molecular flexibility index (Phi) is 20.2. The number of amides is 6. The van der Waals surface area contributed by atoms with Crippen molar-refractivity contribution in [3.8, 4) is 0 Å². The normalized spacial score (nSPS) is 23.9. The Labute approximate surface area is 476 Å². The third-order valence-electron chi connectivity index (χ3n) is 15.4. The fourth-order valence-corrected chi connectivity index (χ4v) is 14.4. The standard InChI is InChI=1S/C56H74N8O10S4/c1-33(61(7)53(69)70)49(75)59-39-23-25-77-43-27-55(3,4)45(63(43)51(39)67)47(65)57-41(37-15-11-9-12-16-37)31-73-29-35-19-21-36(22-20-35)30-74-32-42(38-17-13-10-14-18-38)58-48(66)46-56(5,6)28-44-64(46)52(68)40(24-26-78-44)60-50(76)34(2)62(8)54(71)72/h9-22,33-34,39-46H,23-32H2,1-8H3,(H,57,65)(H,58,66)(H,59,75)(H,60,76)(H,69,70)(H,71,72)/t33?,34?,39-,40-,41?,42?,43-,44-,45+,46+/m0/s1. The lowest BCUT2D eigenvalue weighted by Gasteiger charge is -2.35. The lowest BCUT2D eigenvalue weighted by atomic mass is 9.83. The quantitative estimate of drug-likeness (QED) is 0.0617. The summed E-state index contributed by atoms with van der Waals surface area (Å²) in [6, 6.07) is 21.6. The summed E-state index contributed by atoms with van der Waals surface area (Å²) in [6.45, 7) is 12.2. The van der Waals surface area contributed by atoms with E-state index in [1.807, 2.05) is 113 Å². The van der Waals surface area contributed by atoms with E-state index in [2.05, 4.69) is 21.3 Å². The number of nitrogens with one attached hydrogen (secondary N) is 4. The molecule has 4 heterocycles. The predicted octanol–water partition coefficient (Wildman–Crippen LogP) is 7.18. The summed E-state index contributed by atoms with van der Waals surface area (Å²) < 4.78 is 12.6. The molecule has 4 saturated heterocycles. The first-order chi connectivity index (χ1) is 37.0. The highest BCUT2D eigenvalue weighted by atomic mass is 32.2. The third-order valence-corrected chi connectivity index (χ3v) is 18.8. The van der Waals surface area contributed by atoms with Crippen LogP contribution in [-0.2, 0) is 41.9 Å². The maximum absolute atomic E-state index is 14.6. The molecule has 0 saturated carbocycles. The molecule has 18 nitrogen and oxygen atoms in total. The van der Waals surface area contributed by atoms with E-state index in [-0.39, 0.29) is 70.8 Å². The highest BCUT2D eigenvalue weighted by Gasteiger charge is 2.56. The molecule has 7 rings (SSSR count). The van der Waals surface area contributed by atoms with Crippen molar-refractivity contribution < 1.29 is 48.5 Å². The van der Waals surface area contributed by atoms with Gasteiger partial charge in [0.15, 0.2) is 0 Å². The minimum absolute atomic E-state index is 0.153. The van der Waals surface area contributed by atoms with Gasteiger partial charge in [0.2, 0.25) is 23.6 Å². The van der Waals surface area contributed by atoms with Gasteiger partial charge in [-0.25, -0.2) is 9.59 Å². The van der Waals surface area contributed by atoms with Crippen molar-refractivity contribution in [1.29, 1.82) is 0 Å². The molecule has 6 N–H and O–H groups in total. The van der Waals surface area contributed by atoms with Gasteiger partial charge in [-0.05, 0) is 84.1 Å². The zero-order valence-electron chi connectivity index (χ0n) is 45.5. The van der Waals surface area contributed by atoms with Gasteiger partial charge in [0.25, 0.3) is 0 Å². The number of hydrogen-bond acceptors (Lipinski definition) is 12. The van der Waals surface area contributed by atoms with Gasteiger partial charge in [-0.2, -0.15) is 0 Å². The molecule has 4 aliphatic heterocycles. The topological polar surface area (TPSA) is 222 Å². The van der Waals surface area contributed by atoms with Crippen LogP contribution in [0.15, 0.2) is 84.9 Å². The number of fused-ring (bicyclic) bond motifs is 2. The molecule has 0 spiro atoms. The van der Waals surface area contributed by atoms with Gasteiger partial charge in [-0.15, -0.1) is 23.5 Å². The van der Waals surface area contributed by atoms with Gasteiger partial charge >= 0.3 is 12.2 Å². The van der Waals surface area contributed by atoms with Crippen LogP contribution in [0.3, 0.4) is 0 Å². The van der Waals surface area contributed by atoms with E-state index in [9.17, 15) is 39.0 Å².